The van der Waals surface area contributed by atoms with Crippen LogP contribution in [0.3, 0.4) is 0 Å². The molecule has 122 valence electrons. The first-order chi connectivity index (χ1) is 11.6. The van der Waals surface area contributed by atoms with Gasteiger partial charge in [0.1, 0.15) is 5.82 Å². The molecule has 3 aromatic rings. The zero-order valence-corrected chi connectivity index (χ0v) is 12.7. The molecular formula is C17H15FN4O2. The number of nitrogens with zero attached hydrogens (tertiary/aromatic N) is 1. The van der Waals surface area contributed by atoms with Crippen LogP contribution in [0.1, 0.15) is 20.7 Å². The summed E-state index contributed by atoms with van der Waals surface area (Å²) < 4.78 is 12.8. The molecule has 0 unspecified atom stereocenters. The fraction of sp³-hybridized carbons (Fsp3) is 0.118. The summed E-state index contributed by atoms with van der Waals surface area (Å²) in [5, 5.41) is 5.38. The predicted molar refractivity (Wildman–Crippen MR) is 87.2 cm³/mol. The quantitative estimate of drug-likeness (QED) is 0.626. The monoisotopic (exact) mass is 326 g/mol. The molecule has 0 spiro atoms. The Balaban J connectivity index is 1.48. The number of benzene rings is 2. The Morgan fingerprint density at radius 1 is 0.958 bits per heavy atom. The molecule has 1 aromatic heterocycles. The Labute approximate surface area is 137 Å². The van der Waals surface area contributed by atoms with Gasteiger partial charge in [0.15, 0.2) is 0 Å². The van der Waals surface area contributed by atoms with Crippen LogP contribution in [-0.4, -0.2) is 34.9 Å². The zero-order chi connectivity index (χ0) is 16.9. The molecule has 0 radical (unpaired) electrons. The molecular weight excluding hydrogens is 311 g/mol. The van der Waals surface area contributed by atoms with E-state index in [0.29, 0.717) is 11.1 Å². The van der Waals surface area contributed by atoms with Gasteiger partial charge in [-0.05, 0) is 42.5 Å². The molecule has 0 aliphatic carbocycles. The molecule has 2 amide bonds. The summed E-state index contributed by atoms with van der Waals surface area (Å²) in [6.45, 7) is 0.557. The zero-order valence-electron chi connectivity index (χ0n) is 12.7. The second-order valence-corrected chi connectivity index (χ2v) is 5.15. The first kappa shape index (κ1) is 15.7. The molecule has 0 aliphatic rings. The first-order valence-electron chi connectivity index (χ1n) is 7.38. The highest BCUT2D eigenvalue weighted by Crippen LogP contribution is 2.11. The van der Waals surface area contributed by atoms with Gasteiger partial charge in [-0.3, -0.25) is 9.59 Å². The molecule has 2 aromatic carbocycles. The van der Waals surface area contributed by atoms with Gasteiger partial charge in [0, 0.05) is 24.2 Å². The topological polar surface area (TPSA) is 86.9 Å². The normalized spacial score (nSPS) is 10.5. The molecule has 1 heterocycles. The van der Waals surface area contributed by atoms with Crippen LogP contribution in [0, 0.1) is 5.82 Å². The van der Waals surface area contributed by atoms with Crippen LogP contribution in [0.5, 0.6) is 0 Å². The summed E-state index contributed by atoms with van der Waals surface area (Å²) in [5.74, 6) is -0.946. The van der Waals surface area contributed by atoms with Crippen LogP contribution in [0.15, 0.2) is 48.8 Å². The molecule has 3 N–H and O–H groups in total. The minimum atomic E-state index is -0.395. The lowest BCUT2D eigenvalue weighted by Crippen LogP contribution is -2.34. The van der Waals surface area contributed by atoms with Crippen molar-refractivity contribution in [1.29, 1.82) is 0 Å². The Bertz CT molecular complexity index is 874. The van der Waals surface area contributed by atoms with Crippen molar-refractivity contribution in [3.05, 3.63) is 65.7 Å². The van der Waals surface area contributed by atoms with Crippen molar-refractivity contribution in [3.63, 3.8) is 0 Å². The number of amides is 2. The standard InChI is InChI=1S/C17H15FN4O2/c18-13-4-1-11(2-5-13)16(23)19-7-8-20-17(24)12-3-6-14-15(9-12)22-10-21-14/h1-6,9-10H,7-8H2,(H,19,23)(H,20,24)(H,21,22). The fourth-order valence-corrected chi connectivity index (χ4v) is 2.23. The highest BCUT2D eigenvalue weighted by molar-refractivity contribution is 5.97. The van der Waals surface area contributed by atoms with Crippen LogP contribution in [0.4, 0.5) is 4.39 Å². The van der Waals surface area contributed by atoms with Gasteiger partial charge in [0.2, 0.25) is 0 Å². The average molecular weight is 326 g/mol. The maximum Gasteiger partial charge on any atom is 0.251 e. The third-order valence-corrected chi connectivity index (χ3v) is 3.48. The summed E-state index contributed by atoms with van der Waals surface area (Å²) >= 11 is 0. The van der Waals surface area contributed by atoms with Crippen molar-refractivity contribution < 1.29 is 14.0 Å². The molecule has 0 fully saturated rings. The SMILES string of the molecule is O=C(NCCNC(=O)c1ccc2nc[nH]c2c1)c1ccc(F)cc1. The highest BCUT2D eigenvalue weighted by atomic mass is 19.1. The summed E-state index contributed by atoms with van der Waals surface area (Å²) in [5.41, 5.74) is 2.45. The number of halogens is 1. The van der Waals surface area contributed by atoms with Crippen LogP contribution in [-0.2, 0) is 0 Å². The smallest absolute Gasteiger partial charge is 0.251 e. The van der Waals surface area contributed by atoms with E-state index >= 15 is 0 Å². The minimum Gasteiger partial charge on any atom is -0.350 e. The Morgan fingerprint density at radius 3 is 2.29 bits per heavy atom. The van der Waals surface area contributed by atoms with E-state index in [0.717, 1.165) is 11.0 Å². The average Bonchev–Trinajstić information content (AvgIpc) is 3.06. The maximum absolute atomic E-state index is 12.8. The summed E-state index contributed by atoms with van der Waals surface area (Å²) in [4.78, 5) is 30.9. The Morgan fingerprint density at radius 2 is 1.58 bits per heavy atom. The Kier molecular flexibility index (Phi) is 4.51. The molecule has 0 bridgehead atoms. The lowest BCUT2D eigenvalue weighted by Gasteiger charge is -2.07. The third kappa shape index (κ3) is 3.57. The van der Waals surface area contributed by atoms with Gasteiger partial charge in [0.25, 0.3) is 11.8 Å². The molecule has 0 atom stereocenters. The number of carbonyl (C=O) groups is 2. The number of fused-ring (bicyclic) bond motifs is 1. The number of carbonyl (C=O) groups excluding carboxylic acids is 2. The summed E-state index contributed by atoms with van der Waals surface area (Å²) in [6, 6.07) is 10.4. The van der Waals surface area contributed by atoms with Crippen molar-refractivity contribution in [2.75, 3.05) is 13.1 Å². The van der Waals surface area contributed by atoms with Crippen LogP contribution in [0.2, 0.25) is 0 Å². The van der Waals surface area contributed by atoms with E-state index in [1.54, 1.807) is 24.5 Å². The van der Waals surface area contributed by atoms with Crippen LogP contribution in [0.25, 0.3) is 11.0 Å². The summed E-state index contributed by atoms with van der Waals surface area (Å²) in [7, 11) is 0. The van der Waals surface area contributed by atoms with Crippen molar-refractivity contribution in [3.8, 4) is 0 Å². The van der Waals surface area contributed by atoms with Gasteiger partial charge < -0.3 is 15.6 Å². The van der Waals surface area contributed by atoms with Crippen LogP contribution < -0.4 is 10.6 Å². The molecule has 0 aliphatic heterocycles. The highest BCUT2D eigenvalue weighted by Gasteiger charge is 2.08. The number of aromatic amines is 1. The van der Waals surface area contributed by atoms with E-state index < -0.39 is 5.82 Å². The van der Waals surface area contributed by atoms with Gasteiger partial charge in [-0.25, -0.2) is 9.37 Å². The van der Waals surface area contributed by atoms with E-state index in [9.17, 15) is 14.0 Å². The number of aromatic nitrogens is 2. The summed E-state index contributed by atoms with van der Waals surface area (Å²) in [6.07, 6.45) is 1.57. The number of imidazole rings is 1. The van der Waals surface area contributed by atoms with Gasteiger partial charge in [0.05, 0.1) is 17.4 Å². The van der Waals surface area contributed by atoms with Gasteiger partial charge in [-0.15, -0.1) is 0 Å². The minimum absolute atomic E-state index is 0.234. The van der Waals surface area contributed by atoms with E-state index in [1.165, 1.54) is 24.3 Å². The van der Waals surface area contributed by atoms with Gasteiger partial charge in [-0.1, -0.05) is 0 Å². The van der Waals surface area contributed by atoms with Crippen molar-refractivity contribution in [1.82, 2.24) is 20.6 Å². The van der Waals surface area contributed by atoms with Crippen molar-refractivity contribution in [2.45, 2.75) is 0 Å². The number of nitrogens with one attached hydrogen (secondary N) is 3. The molecule has 6 nitrogen and oxygen atoms in total. The first-order valence-corrected chi connectivity index (χ1v) is 7.38. The number of H-pyrrole nitrogens is 1. The molecule has 0 saturated heterocycles. The largest absolute Gasteiger partial charge is 0.350 e. The third-order valence-electron chi connectivity index (χ3n) is 3.48. The number of hydrogen-bond acceptors (Lipinski definition) is 3. The molecule has 3 rings (SSSR count). The predicted octanol–water partition coefficient (Wildman–Crippen LogP) is 1.86. The number of hydrogen-bond donors (Lipinski definition) is 3. The Hall–Kier alpha value is -3.22. The van der Waals surface area contributed by atoms with Gasteiger partial charge >= 0.3 is 0 Å². The fourth-order valence-electron chi connectivity index (χ4n) is 2.23. The lowest BCUT2D eigenvalue weighted by molar-refractivity contribution is 0.0927. The second kappa shape index (κ2) is 6.91. The van der Waals surface area contributed by atoms with Crippen molar-refractivity contribution >= 4 is 22.8 Å². The second-order valence-electron chi connectivity index (χ2n) is 5.15. The van der Waals surface area contributed by atoms with E-state index in [2.05, 4.69) is 20.6 Å². The van der Waals surface area contributed by atoms with E-state index in [4.69, 9.17) is 0 Å². The van der Waals surface area contributed by atoms with Crippen molar-refractivity contribution in [2.24, 2.45) is 0 Å². The van der Waals surface area contributed by atoms with E-state index in [1.807, 2.05) is 0 Å². The lowest BCUT2D eigenvalue weighted by atomic mass is 10.2. The maximum atomic E-state index is 12.8. The number of rotatable bonds is 5. The van der Waals surface area contributed by atoms with Crippen LogP contribution >= 0.6 is 0 Å². The van der Waals surface area contributed by atoms with Gasteiger partial charge in [-0.2, -0.15) is 0 Å². The molecule has 7 heteroatoms. The molecule has 0 saturated carbocycles. The van der Waals surface area contributed by atoms with E-state index in [-0.39, 0.29) is 24.9 Å². The molecule has 24 heavy (non-hydrogen) atoms.